The molecule has 3 heteroatoms. The van der Waals surface area contributed by atoms with Gasteiger partial charge in [-0.2, -0.15) is 0 Å². The van der Waals surface area contributed by atoms with E-state index >= 15 is 0 Å². The third-order valence-electron chi connectivity index (χ3n) is 3.37. The first-order valence-corrected chi connectivity index (χ1v) is 6.32. The van der Waals surface area contributed by atoms with Crippen molar-refractivity contribution in [1.82, 2.24) is 4.90 Å². The molecule has 3 nitrogen and oxygen atoms in total. The van der Waals surface area contributed by atoms with Gasteiger partial charge in [-0.15, -0.1) is 0 Å². The normalized spacial score (nSPS) is 17.1. The van der Waals surface area contributed by atoms with E-state index in [9.17, 15) is 5.11 Å². The van der Waals surface area contributed by atoms with Crippen molar-refractivity contribution >= 4 is 0 Å². The van der Waals surface area contributed by atoms with E-state index in [0.717, 1.165) is 17.9 Å². The van der Waals surface area contributed by atoms with Gasteiger partial charge in [0.25, 0.3) is 0 Å². The minimum absolute atomic E-state index is 0.0942. The van der Waals surface area contributed by atoms with Crippen LogP contribution >= 0.6 is 0 Å². The van der Waals surface area contributed by atoms with Gasteiger partial charge in [0.1, 0.15) is 5.75 Å². The monoisotopic (exact) mass is 235 g/mol. The molecule has 0 unspecified atom stereocenters. The molecule has 2 rings (SSSR count). The molecule has 0 aliphatic carbocycles. The predicted molar refractivity (Wildman–Crippen MR) is 68.0 cm³/mol. The van der Waals surface area contributed by atoms with E-state index in [-0.39, 0.29) is 6.61 Å². The maximum atomic E-state index is 9.18. The van der Waals surface area contributed by atoms with E-state index < -0.39 is 0 Å². The molecule has 1 aromatic carbocycles. The Bertz CT molecular complexity index is 359. The van der Waals surface area contributed by atoms with Gasteiger partial charge in [0.15, 0.2) is 0 Å². The Morgan fingerprint density at radius 2 is 2.00 bits per heavy atom. The fraction of sp³-hybridized carbons (Fsp3) is 0.571. The highest BCUT2D eigenvalue weighted by atomic mass is 16.5. The van der Waals surface area contributed by atoms with Gasteiger partial charge in [-0.3, -0.25) is 4.90 Å². The lowest BCUT2D eigenvalue weighted by Crippen LogP contribution is -2.29. The smallest absolute Gasteiger partial charge is 0.123 e. The molecule has 0 radical (unpaired) electrons. The predicted octanol–water partition coefficient (Wildman–Crippen LogP) is 2.17. The van der Waals surface area contributed by atoms with Crippen molar-refractivity contribution in [2.75, 3.05) is 20.2 Å². The molecule has 1 fully saturated rings. The Kier molecular flexibility index (Phi) is 4.40. The Morgan fingerprint density at radius 1 is 1.24 bits per heavy atom. The lowest BCUT2D eigenvalue weighted by molar-refractivity contribution is 0.217. The summed E-state index contributed by atoms with van der Waals surface area (Å²) >= 11 is 0. The molecule has 0 spiro atoms. The zero-order valence-corrected chi connectivity index (χ0v) is 10.5. The largest absolute Gasteiger partial charge is 0.496 e. The molecule has 1 saturated heterocycles. The van der Waals surface area contributed by atoms with Crippen LogP contribution in [0.15, 0.2) is 18.2 Å². The van der Waals surface area contributed by atoms with Crippen molar-refractivity contribution in [3.8, 4) is 5.75 Å². The standard InChI is InChI=1S/C14H21NO2/c1-17-14-6-5-12(11-16)9-13(14)10-15-7-3-2-4-8-15/h5-6,9,16H,2-4,7-8,10-11H2,1H3. The Labute approximate surface area is 103 Å². The topological polar surface area (TPSA) is 32.7 Å². The fourth-order valence-corrected chi connectivity index (χ4v) is 2.41. The molecule has 1 aliphatic heterocycles. The highest BCUT2D eigenvalue weighted by Crippen LogP contribution is 2.23. The zero-order chi connectivity index (χ0) is 12.1. The Hall–Kier alpha value is -1.06. The summed E-state index contributed by atoms with van der Waals surface area (Å²) in [7, 11) is 1.70. The molecule has 94 valence electrons. The number of piperidine rings is 1. The Morgan fingerprint density at radius 3 is 2.65 bits per heavy atom. The molecule has 0 aromatic heterocycles. The number of ether oxygens (including phenoxy) is 1. The van der Waals surface area contributed by atoms with E-state index in [4.69, 9.17) is 4.74 Å². The van der Waals surface area contributed by atoms with Gasteiger partial charge in [0.05, 0.1) is 13.7 Å². The van der Waals surface area contributed by atoms with Crippen LogP contribution in [-0.2, 0) is 13.2 Å². The molecular weight excluding hydrogens is 214 g/mol. The van der Waals surface area contributed by atoms with E-state index in [1.807, 2.05) is 18.2 Å². The summed E-state index contributed by atoms with van der Waals surface area (Å²) in [6.07, 6.45) is 3.94. The summed E-state index contributed by atoms with van der Waals surface area (Å²) in [4.78, 5) is 2.46. The lowest BCUT2D eigenvalue weighted by atomic mass is 10.1. The maximum Gasteiger partial charge on any atom is 0.123 e. The molecule has 1 aromatic rings. The van der Waals surface area contributed by atoms with E-state index in [0.29, 0.717) is 0 Å². The third kappa shape index (κ3) is 3.20. The first-order chi connectivity index (χ1) is 8.33. The number of likely N-dealkylation sites (tertiary alicyclic amines) is 1. The molecule has 0 atom stereocenters. The second kappa shape index (κ2) is 6.03. The molecule has 0 saturated carbocycles. The van der Waals surface area contributed by atoms with Crippen LogP contribution in [0.2, 0.25) is 0 Å². The first kappa shape index (κ1) is 12.4. The number of rotatable bonds is 4. The van der Waals surface area contributed by atoms with Crippen molar-refractivity contribution in [3.63, 3.8) is 0 Å². The van der Waals surface area contributed by atoms with Gasteiger partial charge >= 0.3 is 0 Å². The molecule has 17 heavy (non-hydrogen) atoms. The first-order valence-electron chi connectivity index (χ1n) is 6.32. The summed E-state index contributed by atoms with van der Waals surface area (Å²) in [6, 6.07) is 5.91. The van der Waals surface area contributed by atoms with Crippen LogP contribution < -0.4 is 4.74 Å². The molecule has 0 bridgehead atoms. The highest BCUT2D eigenvalue weighted by Gasteiger charge is 2.13. The number of benzene rings is 1. The molecule has 0 amide bonds. The van der Waals surface area contributed by atoms with Crippen LogP contribution in [-0.4, -0.2) is 30.2 Å². The number of nitrogens with zero attached hydrogens (tertiary/aromatic N) is 1. The highest BCUT2D eigenvalue weighted by molar-refractivity contribution is 5.37. The number of aliphatic hydroxyl groups excluding tert-OH is 1. The van der Waals surface area contributed by atoms with Crippen LogP contribution in [0.1, 0.15) is 30.4 Å². The lowest BCUT2D eigenvalue weighted by Gasteiger charge is -2.27. The summed E-state index contributed by atoms with van der Waals surface area (Å²) in [6.45, 7) is 3.37. The van der Waals surface area contributed by atoms with Crippen molar-refractivity contribution in [1.29, 1.82) is 0 Å². The molecular formula is C14H21NO2. The minimum atomic E-state index is 0.0942. The van der Waals surface area contributed by atoms with Gasteiger partial charge in [0.2, 0.25) is 0 Å². The second-order valence-corrected chi connectivity index (χ2v) is 4.64. The SMILES string of the molecule is COc1ccc(CO)cc1CN1CCCCC1. The van der Waals surface area contributed by atoms with Crippen molar-refractivity contribution in [2.24, 2.45) is 0 Å². The zero-order valence-electron chi connectivity index (χ0n) is 10.5. The van der Waals surface area contributed by atoms with E-state index in [2.05, 4.69) is 4.90 Å². The average molecular weight is 235 g/mol. The Balaban J connectivity index is 2.11. The van der Waals surface area contributed by atoms with Crippen LogP contribution in [0.3, 0.4) is 0 Å². The van der Waals surface area contributed by atoms with E-state index in [1.165, 1.54) is 37.9 Å². The van der Waals surface area contributed by atoms with Crippen LogP contribution in [0.5, 0.6) is 5.75 Å². The summed E-state index contributed by atoms with van der Waals surface area (Å²) < 4.78 is 5.38. The second-order valence-electron chi connectivity index (χ2n) is 4.64. The third-order valence-corrected chi connectivity index (χ3v) is 3.37. The molecule has 1 N–H and O–H groups in total. The van der Waals surface area contributed by atoms with E-state index in [1.54, 1.807) is 7.11 Å². The van der Waals surface area contributed by atoms with Gasteiger partial charge < -0.3 is 9.84 Å². The number of methoxy groups -OCH3 is 1. The van der Waals surface area contributed by atoms with Gasteiger partial charge in [0, 0.05) is 12.1 Å². The van der Waals surface area contributed by atoms with Crippen molar-refractivity contribution < 1.29 is 9.84 Å². The van der Waals surface area contributed by atoms with Crippen LogP contribution in [0.4, 0.5) is 0 Å². The summed E-state index contributed by atoms with van der Waals surface area (Å²) in [5.41, 5.74) is 2.14. The number of aliphatic hydroxyl groups is 1. The fourth-order valence-electron chi connectivity index (χ4n) is 2.41. The molecule has 1 heterocycles. The van der Waals surface area contributed by atoms with Crippen LogP contribution in [0.25, 0.3) is 0 Å². The maximum absolute atomic E-state index is 9.18. The van der Waals surface area contributed by atoms with Gasteiger partial charge in [-0.25, -0.2) is 0 Å². The van der Waals surface area contributed by atoms with Crippen LogP contribution in [0, 0.1) is 0 Å². The van der Waals surface area contributed by atoms with Crippen molar-refractivity contribution in [3.05, 3.63) is 29.3 Å². The minimum Gasteiger partial charge on any atom is -0.496 e. The summed E-state index contributed by atoms with van der Waals surface area (Å²) in [5, 5.41) is 9.18. The molecule has 1 aliphatic rings. The van der Waals surface area contributed by atoms with Gasteiger partial charge in [-0.05, 0) is 43.6 Å². The van der Waals surface area contributed by atoms with Gasteiger partial charge in [-0.1, -0.05) is 12.5 Å². The number of hydrogen-bond acceptors (Lipinski definition) is 3. The van der Waals surface area contributed by atoms with Crippen molar-refractivity contribution in [2.45, 2.75) is 32.4 Å². The quantitative estimate of drug-likeness (QED) is 0.868. The average Bonchev–Trinajstić information content (AvgIpc) is 2.40. The number of hydrogen-bond donors (Lipinski definition) is 1. The summed E-state index contributed by atoms with van der Waals surface area (Å²) in [5.74, 6) is 0.924.